The third kappa shape index (κ3) is 3.30. The van der Waals surface area contributed by atoms with Gasteiger partial charge in [0, 0.05) is 12.4 Å². The zero-order chi connectivity index (χ0) is 13.0. The number of rotatable bonds is 5. The molecule has 2 aromatic heterocycles. The van der Waals surface area contributed by atoms with Gasteiger partial charge in [-0.1, -0.05) is 11.8 Å². The molecule has 18 heavy (non-hydrogen) atoms. The molecule has 0 aliphatic heterocycles. The van der Waals surface area contributed by atoms with Crippen molar-refractivity contribution in [1.29, 1.82) is 0 Å². The fourth-order valence-electron chi connectivity index (χ4n) is 1.47. The van der Waals surface area contributed by atoms with E-state index in [-0.39, 0.29) is 5.75 Å². The number of aliphatic carboxylic acids is 1. The number of hydrogen-bond donors (Lipinski definition) is 1. The summed E-state index contributed by atoms with van der Waals surface area (Å²) in [5.74, 6) is -0.852. The van der Waals surface area contributed by atoms with Crippen LogP contribution in [0.5, 0.6) is 0 Å². The highest BCUT2D eigenvalue weighted by Gasteiger charge is 2.09. The number of nitrogens with zero attached hydrogens (tertiary/aromatic N) is 4. The summed E-state index contributed by atoms with van der Waals surface area (Å²) in [7, 11) is 0. The van der Waals surface area contributed by atoms with Gasteiger partial charge in [-0.3, -0.25) is 4.79 Å². The first-order chi connectivity index (χ1) is 8.65. The highest BCUT2D eigenvalue weighted by molar-refractivity contribution is 7.99. The third-order valence-electron chi connectivity index (χ3n) is 2.16. The Kier molecular flexibility index (Phi) is 3.93. The monoisotopic (exact) mass is 264 g/mol. The minimum absolute atomic E-state index is 0.000225. The number of thioether (sulfide) groups is 1. The van der Waals surface area contributed by atoms with Gasteiger partial charge in [-0.15, -0.1) is 0 Å². The Bertz CT molecular complexity index is 541. The van der Waals surface area contributed by atoms with Crippen molar-refractivity contribution in [3.05, 3.63) is 36.2 Å². The molecule has 2 aromatic rings. The maximum Gasteiger partial charge on any atom is 0.313 e. The zero-order valence-electron chi connectivity index (χ0n) is 9.78. The summed E-state index contributed by atoms with van der Waals surface area (Å²) in [5, 5.41) is 9.37. The summed E-state index contributed by atoms with van der Waals surface area (Å²) in [6.45, 7) is 2.44. The lowest BCUT2D eigenvalue weighted by molar-refractivity contribution is -0.133. The molecular formula is C11H12N4O2S. The van der Waals surface area contributed by atoms with Crippen LogP contribution in [0.4, 0.5) is 0 Å². The Labute approximate surface area is 108 Å². The summed E-state index contributed by atoms with van der Waals surface area (Å²) in [4.78, 5) is 22.9. The molecule has 0 saturated heterocycles. The van der Waals surface area contributed by atoms with Gasteiger partial charge in [-0.2, -0.15) is 0 Å². The summed E-state index contributed by atoms with van der Waals surface area (Å²) < 4.78 is 1.89. The van der Waals surface area contributed by atoms with Crippen LogP contribution >= 0.6 is 11.8 Å². The van der Waals surface area contributed by atoms with Gasteiger partial charge in [-0.05, 0) is 13.0 Å². The maximum atomic E-state index is 10.6. The van der Waals surface area contributed by atoms with Crippen LogP contribution in [0, 0.1) is 6.92 Å². The molecule has 2 rings (SSSR count). The fraction of sp³-hybridized carbons (Fsp3) is 0.273. The van der Waals surface area contributed by atoms with Gasteiger partial charge in [0.25, 0.3) is 0 Å². The van der Waals surface area contributed by atoms with Crippen LogP contribution in [0.2, 0.25) is 0 Å². The Morgan fingerprint density at radius 2 is 2.39 bits per heavy atom. The lowest BCUT2D eigenvalue weighted by Gasteiger charge is -2.05. The lowest BCUT2D eigenvalue weighted by Crippen LogP contribution is -2.04. The molecule has 94 valence electrons. The second-order valence-corrected chi connectivity index (χ2v) is 4.62. The summed E-state index contributed by atoms with van der Waals surface area (Å²) >= 11 is 1.20. The number of imidazole rings is 1. The van der Waals surface area contributed by atoms with E-state index >= 15 is 0 Å². The van der Waals surface area contributed by atoms with E-state index in [0.29, 0.717) is 11.7 Å². The number of carbonyl (C=O) groups is 1. The second-order valence-electron chi connectivity index (χ2n) is 3.68. The van der Waals surface area contributed by atoms with Crippen LogP contribution in [0.1, 0.15) is 11.4 Å². The first-order valence-corrected chi connectivity index (χ1v) is 6.27. The zero-order valence-corrected chi connectivity index (χ0v) is 10.6. The van der Waals surface area contributed by atoms with Crippen LogP contribution in [0.25, 0.3) is 0 Å². The maximum absolute atomic E-state index is 10.6. The van der Waals surface area contributed by atoms with Crippen molar-refractivity contribution in [2.75, 3.05) is 5.75 Å². The molecule has 0 aliphatic rings. The molecule has 0 atom stereocenters. The SMILES string of the molecule is Cc1cn(Cc2ccncn2)c(SCC(=O)O)n1. The molecule has 0 bridgehead atoms. The summed E-state index contributed by atoms with van der Waals surface area (Å²) in [6.07, 6.45) is 5.05. The van der Waals surface area contributed by atoms with E-state index in [9.17, 15) is 4.79 Å². The molecule has 0 spiro atoms. The van der Waals surface area contributed by atoms with Crippen LogP contribution in [0.3, 0.4) is 0 Å². The van der Waals surface area contributed by atoms with Crippen molar-refractivity contribution < 1.29 is 9.90 Å². The third-order valence-corrected chi connectivity index (χ3v) is 3.14. The molecule has 0 fully saturated rings. The van der Waals surface area contributed by atoms with Gasteiger partial charge in [0.05, 0.1) is 23.7 Å². The average molecular weight is 264 g/mol. The molecule has 2 heterocycles. The molecule has 0 aromatic carbocycles. The smallest absolute Gasteiger partial charge is 0.313 e. The Morgan fingerprint density at radius 1 is 1.56 bits per heavy atom. The number of aromatic nitrogens is 4. The number of carboxylic acids is 1. The van der Waals surface area contributed by atoms with Gasteiger partial charge in [0.15, 0.2) is 5.16 Å². The van der Waals surface area contributed by atoms with Crippen LogP contribution in [-0.2, 0) is 11.3 Å². The first-order valence-electron chi connectivity index (χ1n) is 5.28. The van der Waals surface area contributed by atoms with E-state index in [1.165, 1.54) is 18.1 Å². The molecule has 0 radical (unpaired) electrons. The fourth-order valence-corrected chi connectivity index (χ4v) is 2.21. The molecular weight excluding hydrogens is 252 g/mol. The number of carboxylic acid groups (broad SMARTS) is 1. The highest BCUT2D eigenvalue weighted by Crippen LogP contribution is 2.18. The van der Waals surface area contributed by atoms with E-state index in [4.69, 9.17) is 5.11 Å². The van der Waals surface area contributed by atoms with Crippen molar-refractivity contribution in [1.82, 2.24) is 19.5 Å². The van der Waals surface area contributed by atoms with Crippen molar-refractivity contribution >= 4 is 17.7 Å². The molecule has 1 N–H and O–H groups in total. The van der Waals surface area contributed by atoms with Crippen LogP contribution < -0.4 is 0 Å². The number of aryl methyl sites for hydroxylation is 1. The highest BCUT2D eigenvalue weighted by atomic mass is 32.2. The quantitative estimate of drug-likeness (QED) is 0.817. The second kappa shape index (κ2) is 5.63. The standard InChI is InChI=1S/C11H12N4O2S/c1-8-4-15(5-9-2-3-12-7-13-9)11(14-8)18-6-10(16)17/h2-4,7H,5-6H2,1H3,(H,16,17). The predicted molar refractivity (Wildman–Crippen MR) is 66.5 cm³/mol. The van der Waals surface area contributed by atoms with Crippen LogP contribution in [0.15, 0.2) is 29.9 Å². The average Bonchev–Trinajstić information content (AvgIpc) is 2.68. The summed E-state index contributed by atoms with van der Waals surface area (Å²) in [6, 6.07) is 1.82. The van der Waals surface area contributed by atoms with Crippen molar-refractivity contribution in [2.45, 2.75) is 18.6 Å². The van der Waals surface area contributed by atoms with Gasteiger partial charge in [0.2, 0.25) is 0 Å². The van der Waals surface area contributed by atoms with Crippen molar-refractivity contribution in [2.24, 2.45) is 0 Å². The largest absolute Gasteiger partial charge is 0.481 e. The van der Waals surface area contributed by atoms with Gasteiger partial charge in [0.1, 0.15) is 6.33 Å². The summed E-state index contributed by atoms with van der Waals surface area (Å²) in [5.41, 5.74) is 1.72. The minimum atomic E-state index is -0.853. The van der Waals surface area contributed by atoms with Crippen molar-refractivity contribution in [3.63, 3.8) is 0 Å². The Morgan fingerprint density at radius 3 is 3.06 bits per heavy atom. The lowest BCUT2D eigenvalue weighted by atomic mass is 10.4. The van der Waals surface area contributed by atoms with E-state index in [2.05, 4.69) is 15.0 Å². The molecule has 6 nitrogen and oxygen atoms in total. The molecule has 0 amide bonds. The normalized spacial score (nSPS) is 10.5. The molecule has 7 heteroatoms. The van der Waals surface area contributed by atoms with E-state index in [1.54, 1.807) is 6.20 Å². The first kappa shape index (κ1) is 12.6. The van der Waals surface area contributed by atoms with Crippen molar-refractivity contribution in [3.8, 4) is 0 Å². The molecule has 0 saturated carbocycles. The topological polar surface area (TPSA) is 80.9 Å². The molecule has 0 unspecified atom stereocenters. The van der Waals surface area contributed by atoms with E-state index in [0.717, 1.165) is 11.4 Å². The van der Waals surface area contributed by atoms with E-state index in [1.807, 2.05) is 23.8 Å². The van der Waals surface area contributed by atoms with Gasteiger partial charge >= 0.3 is 5.97 Å². The van der Waals surface area contributed by atoms with Gasteiger partial charge in [-0.25, -0.2) is 15.0 Å². The Hall–Kier alpha value is -1.89. The van der Waals surface area contributed by atoms with Crippen LogP contribution in [-0.4, -0.2) is 36.3 Å². The minimum Gasteiger partial charge on any atom is -0.481 e. The predicted octanol–water partition coefficient (Wildman–Crippen LogP) is 1.21. The Balaban J connectivity index is 2.14. The van der Waals surface area contributed by atoms with E-state index < -0.39 is 5.97 Å². The van der Waals surface area contributed by atoms with Gasteiger partial charge < -0.3 is 9.67 Å². The molecule has 0 aliphatic carbocycles. The number of hydrogen-bond acceptors (Lipinski definition) is 5.